The molecule has 4 saturated heterocycles. The van der Waals surface area contributed by atoms with Gasteiger partial charge in [0.2, 0.25) is 5.79 Å². The van der Waals surface area contributed by atoms with E-state index in [0.717, 1.165) is 25.7 Å². The molecular weight excluding hydrogens is 389 g/mol. The molecule has 2 bridgehead atoms. The maximum absolute atomic E-state index is 13.3. The van der Waals surface area contributed by atoms with Crippen molar-refractivity contribution in [2.24, 2.45) is 23.7 Å². The zero-order chi connectivity index (χ0) is 21.1. The normalized spacial score (nSPS) is 45.8. The van der Waals surface area contributed by atoms with E-state index in [9.17, 15) is 9.65 Å². The van der Waals surface area contributed by atoms with Gasteiger partial charge in [-0.15, -0.1) is 0 Å². The van der Waals surface area contributed by atoms with Gasteiger partial charge in [0, 0.05) is 18.3 Å². The van der Waals surface area contributed by atoms with Crippen LogP contribution in [0, 0.1) is 40.8 Å². The summed E-state index contributed by atoms with van der Waals surface area (Å²) in [5.41, 5.74) is -0.0645. The number of fused-ring (bicyclic) bond motifs is 2. The first-order chi connectivity index (χ1) is 14.4. The first-order valence-corrected chi connectivity index (χ1v) is 10.9. The molecule has 1 aromatic rings. The van der Waals surface area contributed by atoms with Crippen LogP contribution in [0.1, 0.15) is 58.1 Å². The monoisotopic (exact) mass is 417 g/mol. The Hall–Kier alpha value is -1.56. The fourth-order valence-electron chi connectivity index (χ4n) is 5.98. The van der Waals surface area contributed by atoms with Gasteiger partial charge >= 0.3 is 0 Å². The van der Waals surface area contributed by atoms with E-state index >= 15 is 0 Å². The second-order valence-electron chi connectivity index (χ2n) is 9.47. The smallest absolute Gasteiger partial charge is 0.201 e. The lowest BCUT2D eigenvalue weighted by Crippen LogP contribution is -2.70. The lowest BCUT2D eigenvalue weighted by molar-refractivity contribution is -0.578. The Morgan fingerprint density at radius 2 is 1.90 bits per heavy atom. The van der Waals surface area contributed by atoms with Crippen molar-refractivity contribution in [2.45, 2.75) is 76.5 Å². The minimum Gasteiger partial charge on any atom is -0.329 e. The molecule has 4 heterocycles. The van der Waals surface area contributed by atoms with Gasteiger partial charge in [0.25, 0.3) is 0 Å². The highest BCUT2D eigenvalue weighted by Gasteiger charge is 2.69. The molecule has 5 fully saturated rings. The molecule has 1 aromatic carbocycles. The maximum Gasteiger partial charge on any atom is 0.201 e. The van der Waals surface area contributed by atoms with Crippen molar-refractivity contribution in [3.05, 3.63) is 35.6 Å². The third-order valence-corrected chi connectivity index (χ3v) is 7.66. The number of nitrogens with zero attached hydrogens (tertiary/aromatic N) is 1. The van der Waals surface area contributed by atoms with Crippen LogP contribution in [0.5, 0.6) is 0 Å². The van der Waals surface area contributed by atoms with Crippen LogP contribution in [-0.4, -0.2) is 24.0 Å². The minimum atomic E-state index is -0.860. The fraction of sp³-hybridized carbons (Fsp3) is 0.696. The predicted molar refractivity (Wildman–Crippen MR) is 103 cm³/mol. The molecule has 0 amide bonds. The average Bonchev–Trinajstić information content (AvgIpc) is 2.96. The third kappa shape index (κ3) is 3.01. The number of nitriles is 1. The Labute approximate surface area is 176 Å². The quantitative estimate of drug-likeness (QED) is 0.669. The zero-order valence-electron chi connectivity index (χ0n) is 17.5. The van der Waals surface area contributed by atoms with Gasteiger partial charge in [-0.1, -0.05) is 26.0 Å². The second kappa shape index (κ2) is 7.25. The molecule has 7 heteroatoms. The van der Waals surface area contributed by atoms with E-state index in [0.29, 0.717) is 11.5 Å². The van der Waals surface area contributed by atoms with E-state index in [4.69, 9.17) is 24.0 Å². The largest absolute Gasteiger partial charge is 0.329 e. The van der Waals surface area contributed by atoms with Gasteiger partial charge in [0.05, 0.1) is 6.07 Å². The Kier molecular flexibility index (Phi) is 4.92. The van der Waals surface area contributed by atoms with Gasteiger partial charge in [-0.3, -0.25) is 0 Å². The molecule has 0 aromatic heterocycles. The van der Waals surface area contributed by atoms with E-state index in [1.807, 2.05) is 6.92 Å². The number of halogens is 1. The summed E-state index contributed by atoms with van der Waals surface area (Å²) < 4.78 is 32.1. The molecule has 30 heavy (non-hydrogen) atoms. The van der Waals surface area contributed by atoms with Crippen LogP contribution < -0.4 is 0 Å². The van der Waals surface area contributed by atoms with Crippen molar-refractivity contribution in [3.63, 3.8) is 0 Å². The van der Waals surface area contributed by atoms with Crippen molar-refractivity contribution < 1.29 is 28.4 Å². The van der Waals surface area contributed by atoms with Gasteiger partial charge in [-0.05, 0) is 55.7 Å². The Morgan fingerprint density at radius 3 is 2.63 bits per heavy atom. The summed E-state index contributed by atoms with van der Waals surface area (Å²) in [7, 11) is 0. The third-order valence-electron chi connectivity index (χ3n) is 7.66. The van der Waals surface area contributed by atoms with Gasteiger partial charge in [-0.2, -0.15) is 5.26 Å². The van der Waals surface area contributed by atoms with Crippen LogP contribution in [-0.2, 0) is 24.0 Å². The number of hydrogen-bond donors (Lipinski definition) is 0. The zero-order valence-corrected chi connectivity index (χ0v) is 17.5. The molecule has 0 radical (unpaired) electrons. The molecule has 4 aliphatic heterocycles. The highest BCUT2D eigenvalue weighted by atomic mass is 19.1. The number of benzene rings is 1. The summed E-state index contributed by atoms with van der Waals surface area (Å²) in [5.74, 6) is -0.349. The van der Waals surface area contributed by atoms with E-state index in [-0.39, 0.29) is 23.6 Å². The topological polar surface area (TPSA) is 69.9 Å². The van der Waals surface area contributed by atoms with Crippen LogP contribution in [0.4, 0.5) is 4.39 Å². The standard InChI is InChI=1S/C23H28FNO5/c1-13-4-9-18-14(2)20(26-19(12-25)15-5-7-16(24)8-6-15)27-21-23(18)17(13)10-11-22(3,28-21)29-30-23/h5-8,13-14,17-21H,4,9-11H2,1-3H3/t13-,14-,17+,18?,19?,20?,21-,22-,23?/m1/s1. The average molecular weight is 417 g/mol. The van der Waals surface area contributed by atoms with Gasteiger partial charge < -0.3 is 14.2 Å². The van der Waals surface area contributed by atoms with Crippen molar-refractivity contribution in [3.8, 4) is 6.07 Å². The van der Waals surface area contributed by atoms with Gasteiger partial charge in [0.1, 0.15) is 5.82 Å². The van der Waals surface area contributed by atoms with Crippen LogP contribution in [0.2, 0.25) is 0 Å². The van der Waals surface area contributed by atoms with Crippen molar-refractivity contribution in [1.82, 2.24) is 0 Å². The summed E-state index contributed by atoms with van der Waals surface area (Å²) in [6.07, 6.45) is 1.64. The molecule has 162 valence electrons. The van der Waals surface area contributed by atoms with Crippen LogP contribution >= 0.6 is 0 Å². The highest BCUT2D eigenvalue weighted by Crippen LogP contribution is 2.60. The molecule has 6 rings (SSSR count). The summed E-state index contributed by atoms with van der Waals surface area (Å²) in [4.78, 5) is 11.9. The molecule has 9 atom stereocenters. The summed E-state index contributed by atoms with van der Waals surface area (Å²) in [5, 5.41) is 9.70. The van der Waals surface area contributed by atoms with Gasteiger partial charge in [0.15, 0.2) is 24.3 Å². The highest BCUT2D eigenvalue weighted by molar-refractivity contribution is 5.23. The van der Waals surface area contributed by atoms with Crippen LogP contribution in [0.15, 0.2) is 24.3 Å². The lowest BCUT2D eigenvalue weighted by atomic mass is 9.58. The van der Waals surface area contributed by atoms with Gasteiger partial charge in [-0.25, -0.2) is 14.2 Å². The SMILES string of the molecule is C[C@H]1C(OC(C#N)c2ccc(F)cc2)O[C@@H]2O[C@@]3(C)CC[C@H]4[C@H](C)CCC1C24OO3. The number of ether oxygens (including phenoxy) is 3. The van der Waals surface area contributed by atoms with Crippen LogP contribution in [0.3, 0.4) is 0 Å². The second-order valence-corrected chi connectivity index (χ2v) is 9.47. The molecule has 6 nitrogen and oxygen atoms in total. The molecule has 0 N–H and O–H groups in total. The predicted octanol–water partition coefficient (Wildman–Crippen LogP) is 4.61. The van der Waals surface area contributed by atoms with Crippen molar-refractivity contribution in [1.29, 1.82) is 5.26 Å². The molecule has 1 aliphatic carbocycles. The summed E-state index contributed by atoms with van der Waals surface area (Å²) in [6, 6.07) is 7.97. The first-order valence-electron chi connectivity index (χ1n) is 10.9. The molecule has 4 unspecified atom stereocenters. The fourth-order valence-corrected chi connectivity index (χ4v) is 5.98. The molecule has 1 saturated carbocycles. The first kappa shape index (κ1) is 20.3. The van der Waals surface area contributed by atoms with E-state index in [1.165, 1.54) is 12.1 Å². The van der Waals surface area contributed by atoms with Crippen molar-refractivity contribution in [2.75, 3.05) is 0 Å². The summed E-state index contributed by atoms with van der Waals surface area (Å²) >= 11 is 0. The minimum absolute atomic E-state index is 0.0257. The molecular formula is C23H28FNO5. The lowest BCUT2D eigenvalue weighted by Gasteiger charge is -2.60. The number of hydrogen-bond acceptors (Lipinski definition) is 6. The van der Waals surface area contributed by atoms with Crippen LogP contribution in [0.25, 0.3) is 0 Å². The molecule has 5 aliphatic rings. The summed E-state index contributed by atoms with van der Waals surface area (Å²) in [6.45, 7) is 6.23. The maximum atomic E-state index is 13.3. The Morgan fingerprint density at radius 1 is 1.13 bits per heavy atom. The van der Waals surface area contributed by atoms with E-state index in [1.54, 1.807) is 12.1 Å². The Balaban J connectivity index is 1.45. The molecule has 1 spiro atoms. The number of rotatable bonds is 3. The van der Waals surface area contributed by atoms with E-state index in [2.05, 4.69) is 19.9 Å². The van der Waals surface area contributed by atoms with E-state index < -0.39 is 30.1 Å². The van der Waals surface area contributed by atoms with Crippen molar-refractivity contribution >= 4 is 0 Å². The Bertz CT molecular complexity index is 843.